The minimum absolute atomic E-state index is 0.306. The van der Waals surface area contributed by atoms with Gasteiger partial charge in [-0.25, -0.2) is 0 Å². The minimum Gasteiger partial charge on any atom is -0.399 e. The summed E-state index contributed by atoms with van der Waals surface area (Å²) in [4.78, 5) is 7.11. The van der Waals surface area contributed by atoms with Gasteiger partial charge in [-0.15, -0.1) is 5.06 Å². The lowest BCUT2D eigenvalue weighted by Gasteiger charge is -2.19. The lowest BCUT2D eigenvalue weighted by atomic mass is 10.4. The number of pyridine rings is 1. The molecule has 3 nitrogen and oxygen atoms in total. The molecule has 1 aromatic heterocycles. The topological polar surface area (TPSA) is 25.4 Å². The van der Waals surface area contributed by atoms with E-state index in [4.69, 9.17) is 4.84 Å². The minimum atomic E-state index is -1.74. The largest absolute Gasteiger partial charge is 0.399 e. The molecule has 16 heavy (non-hydrogen) atoms. The number of hydroxylamine groups is 2. The molecule has 0 aliphatic heterocycles. The zero-order chi connectivity index (χ0) is 12.3. The first-order valence-corrected chi connectivity index (χ1v) is 4.64. The van der Waals surface area contributed by atoms with Crippen LogP contribution in [0.15, 0.2) is 0 Å². The van der Waals surface area contributed by atoms with Crippen LogP contribution in [0.25, 0.3) is 0 Å². The predicted molar refractivity (Wildman–Crippen MR) is 47.6 cm³/mol. The molecule has 0 radical (unpaired) electrons. The zero-order valence-corrected chi connectivity index (χ0v) is 8.73. The van der Waals surface area contributed by atoms with E-state index in [-0.39, 0.29) is 0 Å². The maximum atomic E-state index is 13.1. The molecule has 0 aliphatic rings. The van der Waals surface area contributed by atoms with E-state index >= 15 is 0 Å². The Morgan fingerprint density at radius 3 is 1.81 bits per heavy atom. The smallest absolute Gasteiger partial charge is 0.255 e. The Morgan fingerprint density at radius 1 is 1.00 bits per heavy atom. The first-order chi connectivity index (χ1) is 7.51. The molecular formula is C9H10F4N2O. The van der Waals surface area contributed by atoms with Gasteiger partial charge in [0, 0.05) is 13.1 Å². The third-order valence-electron chi connectivity index (χ3n) is 1.88. The lowest BCUT2D eigenvalue weighted by Crippen LogP contribution is -2.28. The summed E-state index contributed by atoms with van der Waals surface area (Å²) in [5.74, 6) is -7.88. The fraction of sp³-hybridized carbons (Fsp3) is 0.444. The van der Waals surface area contributed by atoms with E-state index < -0.39 is 29.3 Å². The van der Waals surface area contributed by atoms with Gasteiger partial charge in [-0.05, 0) is 13.8 Å². The van der Waals surface area contributed by atoms with Crippen molar-refractivity contribution >= 4 is 0 Å². The number of halogens is 4. The molecule has 0 saturated heterocycles. The Balaban J connectivity index is 3.11. The normalized spacial score (nSPS) is 10.9. The van der Waals surface area contributed by atoms with Gasteiger partial charge in [-0.3, -0.25) is 0 Å². The van der Waals surface area contributed by atoms with Crippen LogP contribution in [0.3, 0.4) is 0 Å². The van der Waals surface area contributed by atoms with E-state index in [1.54, 1.807) is 13.8 Å². The maximum Gasteiger partial charge on any atom is 0.255 e. The second-order valence-corrected chi connectivity index (χ2v) is 2.86. The Morgan fingerprint density at radius 2 is 1.44 bits per heavy atom. The van der Waals surface area contributed by atoms with Crippen molar-refractivity contribution in [3.05, 3.63) is 23.5 Å². The van der Waals surface area contributed by atoms with E-state index in [0.717, 1.165) is 5.06 Å². The van der Waals surface area contributed by atoms with Gasteiger partial charge in [0.1, 0.15) is 0 Å². The average Bonchev–Trinajstić information content (AvgIpc) is 2.27. The van der Waals surface area contributed by atoms with E-state index in [0.29, 0.717) is 13.1 Å². The molecule has 90 valence electrons. The molecule has 0 aromatic carbocycles. The van der Waals surface area contributed by atoms with E-state index in [2.05, 4.69) is 4.98 Å². The highest BCUT2D eigenvalue weighted by Gasteiger charge is 2.23. The number of hydrogen-bond donors (Lipinski definition) is 0. The summed E-state index contributed by atoms with van der Waals surface area (Å²) < 4.78 is 51.5. The molecule has 0 aliphatic carbocycles. The predicted octanol–water partition coefficient (Wildman–Crippen LogP) is 2.27. The fourth-order valence-electron chi connectivity index (χ4n) is 1.03. The van der Waals surface area contributed by atoms with Crippen LogP contribution in [0.5, 0.6) is 5.75 Å². The van der Waals surface area contributed by atoms with Crippen molar-refractivity contribution in [2.24, 2.45) is 0 Å². The quantitative estimate of drug-likeness (QED) is 0.457. The van der Waals surface area contributed by atoms with E-state index in [1.807, 2.05) is 0 Å². The lowest BCUT2D eigenvalue weighted by molar-refractivity contribution is -0.0568. The summed E-state index contributed by atoms with van der Waals surface area (Å²) >= 11 is 0. The van der Waals surface area contributed by atoms with Crippen LogP contribution in [0, 0.1) is 23.5 Å². The van der Waals surface area contributed by atoms with Gasteiger partial charge in [-0.2, -0.15) is 22.5 Å². The summed E-state index contributed by atoms with van der Waals surface area (Å²) in [7, 11) is 0. The van der Waals surface area contributed by atoms with Crippen LogP contribution in [0.1, 0.15) is 13.8 Å². The summed E-state index contributed by atoms with van der Waals surface area (Å²) in [6.45, 7) is 3.93. The maximum absolute atomic E-state index is 13.1. The van der Waals surface area contributed by atoms with Gasteiger partial charge in [0.05, 0.1) is 0 Å². The SMILES string of the molecule is CCN(CC)Oc1c(F)c(F)nc(F)c1F. The highest BCUT2D eigenvalue weighted by molar-refractivity contribution is 5.23. The molecule has 0 fully saturated rings. The van der Waals surface area contributed by atoms with Crippen LogP contribution >= 0.6 is 0 Å². The van der Waals surface area contributed by atoms with E-state index in [9.17, 15) is 17.6 Å². The van der Waals surface area contributed by atoms with Crippen LogP contribution in [0.4, 0.5) is 17.6 Å². The number of hydrogen-bond acceptors (Lipinski definition) is 3. The number of nitrogens with zero attached hydrogens (tertiary/aromatic N) is 2. The first-order valence-electron chi connectivity index (χ1n) is 4.64. The average molecular weight is 238 g/mol. The molecule has 0 bridgehead atoms. The Bertz CT molecular complexity index is 356. The van der Waals surface area contributed by atoms with Gasteiger partial charge in [0.2, 0.25) is 17.4 Å². The summed E-state index contributed by atoms with van der Waals surface area (Å²) in [6, 6.07) is 0. The third kappa shape index (κ3) is 2.41. The molecule has 7 heteroatoms. The summed E-state index contributed by atoms with van der Waals surface area (Å²) in [5, 5.41) is 1.14. The summed E-state index contributed by atoms with van der Waals surface area (Å²) in [6.07, 6.45) is 0. The Hall–Kier alpha value is -1.37. The van der Waals surface area contributed by atoms with Crippen molar-refractivity contribution < 1.29 is 22.4 Å². The van der Waals surface area contributed by atoms with Gasteiger partial charge in [0.25, 0.3) is 11.9 Å². The van der Waals surface area contributed by atoms with Gasteiger partial charge in [0.15, 0.2) is 0 Å². The fourth-order valence-corrected chi connectivity index (χ4v) is 1.03. The molecule has 0 saturated carbocycles. The molecule has 0 spiro atoms. The van der Waals surface area contributed by atoms with Crippen LogP contribution in [-0.4, -0.2) is 23.1 Å². The summed E-state index contributed by atoms with van der Waals surface area (Å²) in [5.41, 5.74) is 0. The van der Waals surface area contributed by atoms with Crippen LogP contribution in [0.2, 0.25) is 0 Å². The zero-order valence-electron chi connectivity index (χ0n) is 8.73. The molecular weight excluding hydrogens is 228 g/mol. The number of rotatable bonds is 4. The monoisotopic (exact) mass is 238 g/mol. The Kier molecular flexibility index (Phi) is 4.05. The van der Waals surface area contributed by atoms with Crippen molar-refractivity contribution in [3.63, 3.8) is 0 Å². The highest BCUT2D eigenvalue weighted by Crippen LogP contribution is 2.25. The molecule has 0 atom stereocenters. The van der Waals surface area contributed by atoms with Crippen molar-refractivity contribution in [2.75, 3.05) is 13.1 Å². The molecule has 1 aromatic rings. The highest BCUT2D eigenvalue weighted by atomic mass is 19.2. The van der Waals surface area contributed by atoms with Gasteiger partial charge >= 0.3 is 0 Å². The molecule has 0 unspecified atom stereocenters. The third-order valence-corrected chi connectivity index (χ3v) is 1.88. The number of aromatic nitrogens is 1. The van der Waals surface area contributed by atoms with Gasteiger partial charge < -0.3 is 4.84 Å². The first kappa shape index (κ1) is 12.7. The molecule has 1 heterocycles. The van der Waals surface area contributed by atoms with E-state index in [1.165, 1.54) is 0 Å². The van der Waals surface area contributed by atoms with Crippen molar-refractivity contribution in [1.29, 1.82) is 0 Å². The standard InChI is InChI=1S/C9H10F4N2O/c1-3-15(4-2)16-7-5(10)8(12)14-9(13)6(7)11/h3-4H2,1-2H3. The van der Waals surface area contributed by atoms with Crippen molar-refractivity contribution in [2.45, 2.75) is 13.8 Å². The molecule has 0 N–H and O–H groups in total. The van der Waals surface area contributed by atoms with Gasteiger partial charge in [-0.1, -0.05) is 0 Å². The Labute approximate surface area is 89.6 Å². The second kappa shape index (κ2) is 5.11. The second-order valence-electron chi connectivity index (χ2n) is 2.86. The molecule has 1 rings (SSSR count). The molecule has 0 amide bonds. The van der Waals surface area contributed by atoms with Crippen molar-refractivity contribution in [3.8, 4) is 5.75 Å². The van der Waals surface area contributed by atoms with Crippen LogP contribution in [-0.2, 0) is 0 Å². The van der Waals surface area contributed by atoms with Crippen molar-refractivity contribution in [1.82, 2.24) is 10.0 Å². The van der Waals surface area contributed by atoms with Crippen LogP contribution < -0.4 is 4.84 Å².